The Morgan fingerprint density at radius 2 is 0.595 bits per heavy atom. The van der Waals surface area contributed by atoms with Crippen LogP contribution in [0.5, 0.6) is 17.6 Å². The van der Waals surface area contributed by atoms with Gasteiger partial charge in [-0.15, -0.1) is 15.3 Å². The third-order valence-electron chi connectivity index (χ3n) is 30.6. The van der Waals surface area contributed by atoms with Gasteiger partial charge in [-0.3, -0.25) is 28.4 Å². The normalized spacial score (nSPS) is 24.0. The fourth-order valence-electron chi connectivity index (χ4n) is 21.4. The van der Waals surface area contributed by atoms with Gasteiger partial charge in [0, 0.05) is 111 Å². The average Bonchev–Trinajstić information content (AvgIpc) is 1.55. The van der Waals surface area contributed by atoms with Crippen LogP contribution in [-0.4, -0.2) is 173 Å². The van der Waals surface area contributed by atoms with E-state index in [-0.39, 0.29) is 48.4 Å². The van der Waals surface area contributed by atoms with E-state index in [9.17, 15) is 39.6 Å². The number of hydrogen-bond acceptors (Lipinski definition) is 24. The monoisotopic (exact) mass is 1790 g/mol. The van der Waals surface area contributed by atoms with E-state index < -0.39 is 47.8 Å². The predicted molar refractivity (Wildman–Crippen MR) is 475 cm³/mol. The number of carbonyl (C=O) groups excluding carboxylic acids is 3. The summed E-state index contributed by atoms with van der Waals surface area (Å²) in [4.78, 5) is 61.6. The Bertz CT molecular complexity index is 5390. The second-order valence-electron chi connectivity index (χ2n) is 41.3. The van der Waals surface area contributed by atoms with Crippen LogP contribution < -0.4 is 43.1 Å². The first-order valence-corrected chi connectivity index (χ1v) is 48.8. The van der Waals surface area contributed by atoms with Gasteiger partial charge in [0.05, 0.1) is 36.5 Å². The number of hydrogen-bond donors (Lipinski definition) is 3. The molecule has 9 aromatic heterocycles. The van der Waals surface area contributed by atoms with Crippen molar-refractivity contribution < 1.29 is 53.8 Å². The van der Waals surface area contributed by atoms with Crippen molar-refractivity contribution in [1.82, 2.24) is 87.8 Å². The van der Waals surface area contributed by atoms with Crippen LogP contribution in [0.1, 0.15) is 233 Å². The fraction of sp³-hybridized carbons (Fsp3) is 0.600. The molecule has 3 saturated heterocycles. The average molecular weight is 1790 g/mol. The number of sulfonamides is 3. The summed E-state index contributed by atoms with van der Waals surface area (Å²) in [5.74, 6) is 5.17. The van der Waals surface area contributed by atoms with Gasteiger partial charge in [0.15, 0.2) is 32.5 Å². The van der Waals surface area contributed by atoms with Gasteiger partial charge in [-0.05, 0) is 241 Å². The molecule has 0 spiro atoms. The van der Waals surface area contributed by atoms with Crippen LogP contribution in [0.3, 0.4) is 0 Å². The molecular formula is C90H123N21O12S3. The fourth-order valence-corrected chi connectivity index (χ4v) is 24.1. The molecule has 18 rings (SSSR count). The summed E-state index contributed by atoms with van der Waals surface area (Å²) in [5, 5.41) is 25.9. The first-order valence-electron chi connectivity index (χ1n) is 44.3. The number of rotatable bonds is 15. The van der Waals surface area contributed by atoms with E-state index in [2.05, 4.69) is 184 Å². The lowest BCUT2D eigenvalue weighted by atomic mass is 9.93. The SMILES string of the molecule is CC1(C)CC2CCCn3ccc(n3)S(=O)(=O)NC(=O)c3ccc(-n4ccc(OCCC5C(C)(C)C5(C)C)n4)nc3N1C2.CC1(C)CC2CCCn3ccc(n3)S(=O)(=O)NC(=O)c3ccc(-n4ccc(OCCC5C(C)(C)C5(C)C)n4)nc3N1C2.CC1(C)CC2CCCn3ccc(n3)S(=O)(=O)NC(=O)c3ccc(-n4ccc(OCCC5C(C)(C)C5(C)C)n4)nc3N1C2. The minimum Gasteiger partial charge on any atom is -0.477 e. The lowest BCUT2D eigenvalue weighted by Gasteiger charge is -2.34. The van der Waals surface area contributed by atoms with E-state index in [1.165, 1.54) is 18.2 Å². The number of pyridine rings is 3. The van der Waals surface area contributed by atoms with Crippen LogP contribution in [0.4, 0.5) is 17.5 Å². The number of fused-ring (bicyclic) bond motifs is 18. The van der Waals surface area contributed by atoms with Gasteiger partial charge in [0.2, 0.25) is 17.6 Å². The van der Waals surface area contributed by atoms with E-state index in [4.69, 9.17) is 29.2 Å². The van der Waals surface area contributed by atoms with Crippen LogP contribution in [0.15, 0.2) is 125 Å². The molecule has 6 fully saturated rings. The van der Waals surface area contributed by atoms with Crippen LogP contribution in [0.25, 0.3) is 17.5 Å². The number of ether oxygens (including phenoxy) is 3. The number of aromatic nitrogens is 15. The summed E-state index contributed by atoms with van der Waals surface area (Å²) in [6.07, 6.45) is 21.4. The van der Waals surface area contributed by atoms with Crippen LogP contribution in [0.2, 0.25) is 0 Å². The zero-order chi connectivity index (χ0) is 90.2. The molecule has 3 amide bonds. The number of nitrogens with one attached hydrogen (secondary N) is 3. The van der Waals surface area contributed by atoms with Crippen LogP contribution >= 0.6 is 0 Å². The number of amides is 3. The van der Waals surface area contributed by atoms with Crippen molar-refractivity contribution in [3.05, 3.63) is 127 Å². The molecule has 12 bridgehead atoms. The maximum Gasteiger partial charge on any atom is 0.283 e. The Hall–Kier alpha value is -10.2. The van der Waals surface area contributed by atoms with Crippen molar-refractivity contribution in [2.75, 3.05) is 54.2 Å². The highest BCUT2D eigenvalue weighted by Gasteiger charge is 2.66. The summed E-state index contributed by atoms with van der Waals surface area (Å²) < 4.78 is 113. The first-order chi connectivity index (χ1) is 59.1. The quantitative estimate of drug-likeness (QED) is 0.0858. The second-order valence-corrected chi connectivity index (χ2v) is 46.2. The lowest BCUT2D eigenvalue weighted by Crippen LogP contribution is -2.41. The number of nitrogens with zero attached hydrogens (tertiary/aromatic N) is 18. The van der Waals surface area contributed by atoms with E-state index >= 15 is 0 Å². The van der Waals surface area contributed by atoms with E-state index in [1.807, 2.05) is 18.2 Å². The zero-order valence-electron chi connectivity index (χ0n) is 75.9. The van der Waals surface area contributed by atoms with Crippen molar-refractivity contribution >= 4 is 65.2 Å². The molecule has 3 unspecified atom stereocenters. The van der Waals surface area contributed by atoms with Gasteiger partial charge < -0.3 is 28.9 Å². The highest BCUT2D eigenvalue weighted by molar-refractivity contribution is 7.90. The molecule has 3 aliphatic carbocycles. The van der Waals surface area contributed by atoms with Crippen molar-refractivity contribution in [3.8, 4) is 35.1 Å². The molecule has 3 saturated carbocycles. The Labute approximate surface area is 739 Å². The van der Waals surface area contributed by atoms with Gasteiger partial charge in [0.1, 0.15) is 17.5 Å². The third kappa shape index (κ3) is 17.2. The van der Waals surface area contributed by atoms with Gasteiger partial charge in [-0.1, -0.05) is 83.1 Å². The van der Waals surface area contributed by atoms with Crippen LogP contribution in [0, 0.1) is 68.0 Å². The Balaban J connectivity index is 0.000000139. The van der Waals surface area contributed by atoms with Crippen molar-refractivity contribution in [1.29, 1.82) is 0 Å². The standard InChI is InChI=1S/3C30H41N7O4S/c3*1-28(2)18-20-8-7-14-35-15-12-25(33-35)42(39,40)34-27(38)21-9-10-23(31-26(21)36(28)19-20)37-16-11-24(32-37)41-17-13-22-29(3,4)30(22,5)6/h3*9-12,15-16,20,22H,7-8,13-14,17-19H2,1-6H3,(H,34,38). The number of carbonyl (C=O) groups is 3. The van der Waals surface area contributed by atoms with Crippen LogP contribution in [-0.2, 0) is 49.7 Å². The minimum atomic E-state index is -4.16. The molecule has 678 valence electrons. The lowest BCUT2D eigenvalue weighted by molar-refractivity contribution is 0.0972. The van der Waals surface area contributed by atoms with Crippen molar-refractivity contribution in [2.24, 2.45) is 68.0 Å². The Kier molecular flexibility index (Phi) is 22.8. The Morgan fingerprint density at radius 1 is 0.341 bits per heavy atom. The highest BCUT2D eigenvalue weighted by atomic mass is 32.2. The highest BCUT2D eigenvalue weighted by Crippen LogP contribution is 2.71. The number of anilines is 3. The molecule has 3 N–H and O–H groups in total. The molecule has 6 aliphatic heterocycles. The van der Waals surface area contributed by atoms with E-state index in [1.54, 1.807) is 102 Å². The second kappa shape index (κ2) is 32.2. The van der Waals surface area contributed by atoms with Gasteiger partial charge in [-0.2, -0.15) is 40.5 Å². The summed E-state index contributed by atoms with van der Waals surface area (Å²) >= 11 is 0. The molecule has 9 aromatic rings. The molecule has 36 heteroatoms. The molecular weight excluding hydrogens is 1660 g/mol. The summed E-state index contributed by atoms with van der Waals surface area (Å²) in [5.41, 5.74) is 1.56. The molecule has 3 atom stereocenters. The summed E-state index contributed by atoms with van der Waals surface area (Å²) in [6.45, 7) is 46.2. The molecule has 33 nitrogen and oxygen atoms in total. The number of aryl methyl sites for hydroxylation is 3. The minimum absolute atomic E-state index is 0.180. The molecule has 126 heavy (non-hydrogen) atoms. The maximum atomic E-state index is 13.5. The Morgan fingerprint density at radius 3 is 0.841 bits per heavy atom. The van der Waals surface area contributed by atoms with Gasteiger partial charge >= 0.3 is 0 Å². The largest absolute Gasteiger partial charge is 0.477 e. The topological polar surface area (TPSA) is 373 Å². The molecule has 9 aliphatic rings. The maximum absolute atomic E-state index is 13.5. The molecule has 0 aromatic carbocycles. The first kappa shape index (κ1) is 89.2. The van der Waals surface area contributed by atoms with Gasteiger partial charge in [-0.25, -0.2) is 43.2 Å². The smallest absolute Gasteiger partial charge is 0.283 e. The summed E-state index contributed by atoms with van der Waals surface area (Å²) in [6, 6.07) is 19.6. The third-order valence-corrected chi connectivity index (χ3v) is 34.3. The summed E-state index contributed by atoms with van der Waals surface area (Å²) in [7, 11) is -12.5. The van der Waals surface area contributed by atoms with Gasteiger partial charge in [0.25, 0.3) is 47.8 Å². The zero-order valence-corrected chi connectivity index (χ0v) is 78.3. The van der Waals surface area contributed by atoms with Crippen molar-refractivity contribution in [3.63, 3.8) is 0 Å². The van der Waals surface area contributed by atoms with E-state index in [0.29, 0.717) is 180 Å². The molecule has 0 radical (unpaired) electrons. The molecule has 15 heterocycles. The van der Waals surface area contributed by atoms with E-state index in [0.717, 1.165) is 77.0 Å². The van der Waals surface area contributed by atoms with Crippen molar-refractivity contribution in [2.45, 2.75) is 253 Å². The predicted octanol–water partition coefficient (Wildman–Crippen LogP) is 13.3.